The first-order valence-electron chi connectivity index (χ1n) is 9.13. The van der Waals surface area contributed by atoms with Gasteiger partial charge in [-0.15, -0.1) is 0 Å². The van der Waals surface area contributed by atoms with E-state index in [0.29, 0.717) is 0 Å². The molecule has 2 aromatic rings. The molecule has 0 saturated heterocycles. The number of carbonyl (C=O) groups is 1. The van der Waals surface area contributed by atoms with Crippen LogP contribution in [0, 0.1) is 5.92 Å². The maximum atomic E-state index is 12.5. The number of benzene rings is 2. The number of hydrogen-bond acceptors (Lipinski definition) is 2. The summed E-state index contributed by atoms with van der Waals surface area (Å²) in [5.41, 5.74) is 4.61. The van der Waals surface area contributed by atoms with Gasteiger partial charge in [0.2, 0.25) is 0 Å². The standard InChI is InChI=1S/C23H22N2O/c1-2-21(26)25-23(18-12-7-4-8-13-18)20-15-9-14-19(22(20)24-25)16-17-10-5-3-6-11-17/h2-8,10-13,16,20,23H,1,9,14-15H2/b19-16+/t20-,23-/m1/s1. The fourth-order valence-corrected chi connectivity index (χ4v) is 4.01. The van der Waals surface area contributed by atoms with Crippen LogP contribution in [0.1, 0.15) is 36.4 Å². The molecule has 0 aromatic heterocycles. The molecule has 1 amide bonds. The second-order valence-corrected chi connectivity index (χ2v) is 6.81. The molecule has 0 bridgehead atoms. The lowest BCUT2D eigenvalue weighted by Gasteiger charge is -2.29. The molecule has 0 radical (unpaired) electrons. The van der Waals surface area contributed by atoms with Gasteiger partial charge in [0.05, 0.1) is 11.8 Å². The van der Waals surface area contributed by atoms with E-state index in [9.17, 15) is 4.79 Å². The minimum absolute atomic E-state index is 0.0452. The second kappa shape index (κ2) is 7.12. The average Bonchev–Trinajstić information content (AvgIpc) is 3.09. The molecule has 3 heteroatoms. The van der Waals surface area contributed by atoms with Gasteiger partial charge in [-0.05, 0) is 48.1 Å². The predicted molar refractivity (Wildman–Crippen MR) is 105 cm³/mol. The lowest BCUT2D eigenvalue weighted by Crippen LogP contribution is -2.30. The van der Waals surface area contributed by atoms with Gasteiger partial charge in [-0.3, -0.25) is 4.79 Å². The number of hydrazone groups is 1. The summed E-state index contributed by atoms with van der Waals surface area (Å²) in [5.74, 6) is 0.102. The molecule has 0 spiro atoms. The van der Waals surface area contributed by atoms with Gasteiger partial charge in [0, 0.05) is 5.92 Å². The van der Waals surface area contributed by atoms with Crippen molar-refractivity contribution in [3.8, 4) is 0 Å². The molecule has 0 unspecified atom stereocenters. The molecule has 26 heavy (non-hydrogen) atoms. The van der Waals surface area contributed by atoms with E-state index < -0.39 is 0 Å². The Bertz CT molecular complexity index is 868. The summed E-state index contributed by atoms with van der Waals surface area (Å²) in [6.07, 6.45) is 6.74. The Balaban J connectivity index is 1.76. The predicted octanol–water partition coefficient (Wildman–Crippen LogP) is 5.00. The lowest BCUT2D eigenvalue weighted by molar-refractivity contribution is -0.128. The van der Waals surface area contributed by atoms with E-state index in [2.05, 4.69) is 36.9 Å². The highest BCUT2D eigenvalue weighted by molar-refractivity contribution is 6.08. The van der Waals surface area contributed by atoms with Gasteiger partial charge >= 0.3 is 0 Å². The summed E-state index contributed by atoms with van der Waals surface area (Å²) in [6, 6.07) is 20.5. The highest BCUT2D eigenvalue weighted by atomic mass is 16.2. The van der Waals surface area contributed by atoms with Crippen molar-refractivity contribution in [1.29, 1.82) is 0 Å². The summed E-state index contributed by atoms with van der Waals surface area (Å²) in [7, 11) is 0. The van der Waals surface area contributed by atoms with Crippen molar-refractivity contribution in [1.82, 2.24) is 5.01 Å². The first-order valence-corrected chi connectivity index (χ1v) is 9.13. The lowest BCUT2D eigenvalue weighted by atomic mass is 9.77. The molecule has 3 nitrogen and oxygen atoms in total. The number of carbonyl (C=O) groups excluding carboxylic acids is 1. The average molecular weight is 342 g/mol. The largest absolute Gasteiger partial charge is 0.268 e. The SMILES string of the molecule is C=CC(=O)N1N=C2/C(=C/c3ccccc3)CCC[C@H]2[C@H]1c1ccccc1. The molecule has 1 aliphatic heterocycles. The van der Waals surface area contributed by atoms with Crippen LogP contribution in [0.5, 0.6) is 0 Å². The molecule has 2 aliphatic rings. The monoisotopic (exact) mass is 342 g/mol. The molecular formula is C23H22N2O. The molecule has 4 rings (SSSR count). The van der Waals surface area contributed by atoms with Gasteiger partial charge < -0.3 is 0 Å². The molecule has 1 fully saturated rings. The van der Waals surface area contributed by atoms with E-state index in [4.69, 9.17) is 5.10 Å². The molecule has 1 saturated carbocycles. The zero-order chi connectivity index (χ0) is 17.9. The molecule has 1 heterocycles. The summed E-state index contributed by atoms with van der Waals surface area (Å²) in [4.78, 5) is 12.5. The minimum Gasteiger partial charge on any atom is -0.268 e. The van der Waals surface area contributed by atoms with E-state index in [1.807, 2.05) is 36.4 Å². The van der Waals surface area contributed by atoms with Crippen LogP contribution in [-0.4, -0.2) is 16.6 Å². The van der Waals surface area contributed by atoms with Crippen LogP contribution in [0.2, 0.25) is 0 Å². The Labute approximate surface area is 154 Å². The summed E-state index contributed by atoms with van der Waals surface area (Å²) < 4.78 is 0. The van der Waals surface area contributed by atoms with Crippen LogP contribution >= 0.6 is 0 Å². The van der Waals surface area contributed by atoms with Gasteiger partial charge in [-0.2, -0.15) is 5.10 Å². The number of hydrogen-bond donors (Lipinski definition) is 0. The maximum absolute atomic E-state index is 12.5. The van der Waals surface area contributed by atoms with Crippen molar-refractivity contribution in [2.45, 2.75) is 25.3 Å². The van der Waals surface area contributed by atoms with Crippen LogP contribution in [0.15, 0.2) is 84.0 Å². The Hall–Kier alpha value is -2.94. The van der Waals surface area contributed by atoms with Crippen molar-refractivity contribution < 1.29 is 4.79 Å². The summed E-state index contributed by atoms with van der Waals surface area (Å²) in [5, 5.41) is 6.41. The van der Waals surface area contributed by atoms with Crippen LogP contribution in [-0.2, 0) is 4.79 Å². The van der Waals surface area contributed by atoms with Gasteiger partial charge in [0.15, 0.2) is 0 Å². The fraction of sp³-hybridized carbons (Fsp3) is 0.217. The van der Waals surface area contributed by atoms with Gasteiger partial charge in [-0.25, -0.2) is 5.01 Å². The normalized spacial score (nSPS) is 23.5. The zero-order valence-electron chi connectivity index (χ0n) is 14.7. The van der Waals surface area contributed by atoms with E-state index in [-0.39, 0.29) is 17.9 Å². The Morgan fingerprint density at radius 3 is 2.46 bits per heavy atom. The van der Waals surface area contributed by atoms with Gasteiger partial charge in [-0.1, -0.05) is 67.2 Å². The smallest absolute Gasteiger partial charge is 0.266 e. The maximum Gasteiger partial charge on any atom is 0.266 e. The van der Waals surface area contributed by atoms with E-state index in [1.54, 1.807) is 5.01 Å². The van der Waals surface area contributed by atoms with Crippen LogP contribution in [0.4, 0.5) is 0 Å². The van der Waals surface area contributed by atoms with Crippen LogP contribution in [0.3, 0.4) is 0 Å². The highest BCUT2D eigenvalue weighted by Crippen LogP contribution is 2.44. The van der Waals surface area contributed by atoms with Crippen molar-refractivity contribution in [2.24, 2.45) is 11.0 Å². The van der Waals surface area contributed by atoms with Crippen molar-refractivity contribution >= 4 is 17.7 Å². The molecule has 1 aliphatic carbocycles. The van der Waals surface area contributed by atoms with E-state index in [1.165, 1.54) is 17.2 Å². The Morgan fingerprint density at radius 2 is 1.77 bits per heavy atom. The minimum atomic E-state index is -0.139. The fourth-order valence-electron chi connectivity index (χ4n) is 4.01. The third kappa shape index (κ3) is 3.01. The van der Waals surface area contributed by atoms with Gasteiger partial charge in [0.1, 0.15) is 0 Å². The Kier molecular flexibility index (Phi) is 4.53. The van der Waals surface area contributed by atoms with E-state index >= 15 is 0 Å². The molecule has 2 atom stereocenters. The van der Waals surface area contributed by atoms with Crippen molar-refractivity contribution in [3.05, 3.63) is 90.0 Å². The quantitative estimate of drug-likeness (QED) is 0.723. The molecular weight excluding hydrogens is 320 g/mol. The molecule has 2 aromatic carbocycles. The first-order chi connectivity index (χ1) is 12.8. The van der Waals surface area contributed by atoms with Crippen molar-refractivity contribution in [3.63, 3.8) is 0 Å². The number of fused-ring (bicyclic) bond motifs is 1. The number of amides is 1. The number of nitrogens with zero attached hydrogens (tertiary/aromatic N) is 2. The Morgan fingerprint density at radius 1 is 1.08 bits per heavy atom. The highest BCUT2D eigenvalue weighted by Gasteiger charge is 2.42. The third-order valence-corrected chi connectivity index (χ3v) is 5.18. The van der Waals surface area contributed by atoms with Crippen molar-refractivity contribution in [2.75, 3.05) is 0 Å². The summed E-state index contributed by atoms with van der Waals surface area (Å²) >= 11 is 0. The first kappa shape index (κ1) is 16.5. The third-order valence-electron chi connectivity index (χ3n) is 5.18. The second-order valence-electron chi connectivity index (χ2n) is 6.81. The van der Waals surface area contributed by atoms with Crippen LogP contribution < -0.4 is 0 Å². The topological polar surface area (TPSA) is 32.7 Å². The van der Waals surface area contributed by atoms with E-state index in [0.717, 1.165) is 30.5 Å². The number of rotatable bonds is 3. The molecule has 130 valence electrons. The number of allylic oxidation sites excluding steroid dienone is 1. The van der Waals surface area contributed by atoms with Crippen LogP contribution in [0.25, 0.3) is 6.08 Å². The van der Waals surface area contributed by atoms with Gasteiger partial charge in [0.25, 0.3) is 5.91 Å². The zero-order valence-corrected chi connectivity index (χ0v) is 14.7. The summed E-state index contributed by atoms with van der Waals surface area (Å²) in [6.45, 7) is 3.66. The molecule has 0 N–H and O–H groups in total.